The fourth-order valence-electron chi connectivity index (χ4n) is 2.60. The van der Waals surface area contributed by atoms with Gasteiger partial charge in [0.2, 0.25) is 0 Å². The maximum absolute atomic E-state index is 13.3. The predicted octanol–water partition coefficient (Wildman–Crippen LogP) is 2.48. The third kappa shape index (κ3) is 2.27. The Balaban J connectivity index is 2.05. The molecule has 0 fully saturated rings. The third-order valence-corrected chi connectivity index (χ3v) is 3.55. The van der Waals surface area contributed by atoms with E-state index in [0.29, 0.717) is 5.69 Å². The smallest absolute Gasteiger partial charge is 0.327 e. The van der Waals surface area contributed by atoms with Crippen molar-refractivity contribution in [2.75, 3.05) is 4.90 Å². The molecule has 1 heterocycles. The number of carboxylic acids is 1. The molecule has 1 atom stereocenters. The van der Waals surface area contributed by atoms with Crippen molar-refractivity contribution in [3.8, 4) is 0 Å². The van der Waals surface area contributed by atoms with Crippen molar-refractivity contribution in [3.05, 3.63) is 65.5 Å². The number of amides is 1. The Hall–Kier alpha value is -2.69. The lowest BCUT2D eigenvalue weighted by molar-refractivity contribution is -0.138. The molecule has 106 valence electrons. The van der Waals surface area contributed by atoms with Crippen molar-refractivity contribution in [1.82, 2.24) is 0 Å². The molecule has 2 aromatic rings. The Morgan fingerprint density at radius 3 is 2.62 bits per heavy atom. The van der Waals surface area contributed by atoms with Crippen LogP contribution < -0.4 is 4.90 Å². The molecule has 1 aliphatic heterocycles. The molecule has 0 aliphatic carbocycles. The highest BCUT2D eigenvalue weighted by atomic mass is 19.1. The van der Waals surface area contributed by atoms with Crippen LogP contribution >= 0.6 is 0 Å². The molecule has 0 spiro atoms. The Kier molecular flexibility index (Phi) is 3.17. The molecule has 0 unspecified atom stereocenters. The van der Waals surface area contributed by atoms with Gasteiger partial charge in [0, 0.05) is 17.7 Å². The first-order valence-electron chi connectivity index (χ1n) is 6.48. The largest absolute Gasteiger partial charge is 0.480 e. The molecule has 2 aromatic carbocycles. The highest BCUT2D eigenvalue weighted by Gasteiger charge is 2.38. The average molecular weight is 285 g/mol. The molecule has 21 heavy (non-hydrogen) atoms. The van der Waals surface area contributed by atoms with E-state index in [1.165, 1.54) is 23.1 Å². The summed E-state index contributed by atoms with van der Waals surface area (Å²) in [5.74, 6) is -2.11. The highest BCUT2D eigenvalue weighted by molar-refractivity contribution is 6.10. The number of benzene rings is 2. The molecular weight excluding hydrogens is 273 g/mol. The van der Waals surface area contributed by atoms with Crippen molar-refractivity contribution in [1.29, 1.82) is 0 Å². The summed E-state index contributed by atoms with van der Waals surface area (Å²) in [4.78, 5) is 25.2. The van der Waals surface area contributed by atoms with Gasteiger partial charge in [-0.1, -0.05) is 24.3 Å². The van der Waals surface area contributed by atoms with E-state index in [1.807, 2.05) is 0 Å². The minimum absolute atomic E-state index is 0.137. The van der Waals surface area contributed by atoms with E-state index in [1.54, 1.807) is 24.3 Å². The van der Waals surface area contributed by atoms with Crippen LogP contribution in [0.2, 0.25) is 0 Å². The Bertz CT molecular complexity index is 729. The van der Waals surface area contributed by atoms with Crippen LogP contribution in [-0.2, 0) is 11.2 Å². The SMILES string of the molecule is O=C(O)[C@@H]1Cc2ccccc2N1C(=O)c1cccc(F)c1. The lowest BCUT2D eigenvalue weighted by Crippen LogP contribution is -2.42. The van der Waals surface area contributed by atoms with Gasteiger partial charge in [-0.25, -0.2) is 9.18 Å². The van der Waals surface area contributed by atoms with E-state index in [-0.39, 0.29) is 12.0 Å². The molecule has 1 amide bonds. The summed E-state index contributed by atoms with van der Waals surface area (Å²) in [7, 11) is 0. The first kappa shape index (κ1) is 13.3. The Labute approximate surface area is 120 Å². The summed E-state index contributed by atoms with van der Waals surface area (Å²) in [6.07, 6.45) is 0.257. The number of rotatable bonds is 2. The van der Waals surface area contributed by atoms with Crippen LogP contribution in [-0.4, -0.2) is 23.0 Å². The average Bonchev–Trinajstić information content (AvgIpc) is 2.86. The number of carbonyl (C=O) groups is 2. The highest BCUT2D eigenvalue weighted by Crippen LogP contribution is 2.33. The lowest BCUT2D eigenvalue weighted by atomic mass is 10.1. The molecule has 1 N–H and O–H groups in total. The lowest BCUT2D eigenvalue weighted by Gasteiger charge is -2.22. The van der Waals surface area contributed by atoms with E-state index in [0.717, 1.165) is 11.6 Å². The van der Waals surface area contributed by atoms with Crippen LogP contribution in [0.4, 0.5) is 10.1 Å². The summed E-state index contributed by atoms with van der Waals surface area (Å²) < 4.78 is 13.3. The zero-order valence-corrected chi connectivity index (χ0v) is 11.0. The van der Waals surface area contributed by atoms with E-state index in [4.69, 9.17) is 0 Å². The van der Waals surface area contributed by atoms with Crippen LogP contribution in [0.25, 0.3) is 0 Å². The molecular formula is C16H12FNO3. The van der Waals surface area contributed by atoms with Gasteiger partial charge in [-0.05, 0) is 29.8 Å². The number of fused-ring (bicyclic) bond motifs is 1. The van der Waals surface area contributed by atoms with E-state index < -0.39 is 23.7 Å². The molecule has 1 aliphatic rings. The zero-order chi connectivity index (χ0) is 15.0. The van der Waals surface area contributed by atoms with Gasteiger partial charge in [-0.2, -0.15) is 0 Å². The second kappa shape index (κ2) is 5.01. The summed E-state index contributed by atoms with van der Waals surface area (Å²) >= 11 is 0. The van der Waals surface area contributed by atoms with Gasteiger partial charge in [-0.15, -0.1) is 0 Å². The number of nitrogens with zero attached hydrogens (tertiary/aromatic N) is 1. The first-order valence-corrected chi connectivity index (χ1v) is 6.48. The monoisotopic (exact) mass is 285 g/mol. The van der Waals surface area contributed by atoms with Crippen molar-refractivity contribution >= 4 is 17.6 Å². The molecule has 4 nitrogen and oxygen atoms in total. The summed E-state index contributed by atoms with van der Waals surface area (Å²) in [6, 6.07) is 11.3. The molecule has 3 rings (SSSR count). The maximum Gasteiger partial charge on any atom is 0.327 e. The van der Waals surface area contributed by atoms with E-state index in [2.05, 4.69) is 0 Å². The molecule has 5 heteroatoms. The second-order valence-corrected chi connectivity index (χ2v) is 4.87. The number of anilines is 1. The van der Waals surface area contributed by atoms with Gasteiger partial charge in [0.05, 0.1) is 0 Å². The fourth-order valence-corrected chi connectivity index (χ4v) is 2.60. The number of aliphatic carboxylic acids is 1. The number of carboxylic acid groups (broad SMARTS) is 1. The molecule has 0 aromatic heterocycles. The molecule has 0 bridgehead atoms. The second-order valence-electron chi connectivity index (χ2n) is 4.87. The molecule has 0 saturated heterocycles. The summed E-state index contributed by atoms with van der Waals surface area (Å²) in [5.41, 5.74) is 1.51. The van der Waals surface area contributed by atoms with Crippen LogP contribution in [0.5, 0.6) is 0 Å². The van der Waals surface area contributed by atoms with Gasteiger partial charge >= 0.3 is 5.97 Å². The Morgan fingerprint density at radius 2 is 1.90 bits per heavy atom. The van der Waals surface area contributed by atoms with Gasteiger partial charge < -0.3 is 5.11 Å². The third-order valence-electron chi connectivity index (χ3n) is 3.55. The van der Waals surface area contributed by atoms with E-state index >= 15 is 0 Å². The van der Waals surface area contributed by atoms with Gasteiger partial charge in [0.15, 0.2) is 0 Å². The standard InChI is InChI=1S/C16H12FNO3/c17-12-6-3-5-11(8-12)15(19)18-13-7-2-1-4-10(13)9-14(18)16(20)21/h1-8,14H,9H2,(H,20,21)/t14-/m0/s1. The minimum Gasteiger partial charge on any atom is -0.480 e. The topological polar surface area (TPSA) is 57.6 Å². The normalized spacial score (nSPS) is 16.6. The first-order chi connectivity index (χ1) is 10.1. The molecule has 0 radical (unpaired) electrons. The maximum atomic E-state index is 13.3. The van der Waals surface area contributed by atoms with Crippen molar-refractivity contribution in [2.45, 2.75) is 12.5 Å². The van der Waals surface area contributed by atoms with Crippen LogP contribution in [0, 0.1) is 5.82 Å². The summed E-state index contributed by atoms with van der Waals surface area (Å²) in [6.45, 7) is 0. The minimum atomic E-state index is -1.07. The molecule has 0 saturated carbocycles. The zero-order valence-electron chi connectivity index (χ0n) is 11.0. The van der Waals surface area contributed by atoms with Crippen molar-refractivity contribution in [2.24, 2.45) is 0 Å². The van der Waals surface area contributed by atoms with E-state index in [9.17, 15) is 19.1 Å². The number of hydrogen-bond acceptors (Lipinski definition) is 2. The number of halogens is 1. The number of hydrogen-bond donors (Lipinski definition) is 1. The van der Waals surface area contributed by atoms with Crippen LogP contribution in [0.15, 0.2) is 48.5 Å². The van der Waals surface area contributed by atoms with Gasteiger partial charge in [-0.3, -0.25) is 9.69 Å². The van der Waals surface area contributed by atoms with Crippen LogP contribution in [0.3, 0.4) is 0 Å². The summed E-state index contributed by atoms with van der Waals surface area (Å²) in [5, 5.41) is 9.34. The van der Waals surface area contributed by atoms with Crippen LogP contribution in [0.1, 0.15) is 15.9 Å². The van der Waals surface area contributed by atoms with Crippen molar-refractivity contribution in [3.63, 3.8) is 0 Å². The number of carbonyl (C=O) groups excluding carboxylic acids is 1. The Morgan fingerprint density at radius 1 is 1.14 bits per heavy atom. The number of para-hydroxylation sites is 1. The van der Waals surface area contributed by atoms with Gasteiger partial charge in [0.25, 0.3) is 5.91 Å². The fraction of sp³-hybridized carbons (Fsp3) is 0.125. The quantitative estimate of drug-likeness (QED) is 0.922. The predicted molar refractivity (Wildman–Crippen MR) is 74.8 cm³/mol. The van der Waals surface area contributed by atoms with Gasteiger partial charge in [0.1, 0.15) is 11.9 Å². The van der Waals surface area contributed by atoms with Crippen molar-refractivity contribution < 1.29 is 19.1 Å².